The van der Waals surface area contributed by atoms with Crippen molar-refractivity contribution >= 4 is 11.6 Å². The molecule has 0 bridgehead atoms. The minimum absolute atomic E-state index is 0.00716. The van der Waals surface area contributed by atoms with Crippen LogP contribution in [0.3, 0.4) is 0 Å². The van der Waals surface area contributed by atoms with Gasteiger partial charge in [0.2, 0.25) is 12.1 Å². The minimum atomic E-state index is -1.46. The second-order valence-corrected chi connectivity index (χ2v) is 9.96. The van der Waals surface area contributed by atoms with Gasteiger partial charge in [-0.25, -0.2) is 0 Å². The highest BCUT2D eigenvalue weighted by Crippen LogP contribution is 2.50. The lowest BCUT2D eigenvalue weighted by Gasteiger charge is -2.40. The summed E-state index contributed by atoms with van der Waals surface area (Å²) in [6.45, 7) is 2.99. The molecule has 5 rings (SSSR count). The molecule has 0 amide bonds. The van der Waals surface area contributed by atoms with Crippen LogP contribution in [0.25, 0.3) is 0 Å². The number of aromatic hydroxyl groups is 2. The number of benzene rings is 2. The van der Waals surface area contributed by atoms with E-state index in [9.17, 15) is 40.2 Å². The third kappa shape index (κ3) is 3.51. The summed E-state index contributed by atoms with van der Waals surface area (Å²) in [5.41, 5.74) is 3.04. The van der Waals surface area contributed by atoms with Crippen LogP contribution in [0.5, 0.6) is 17.2 Å². The summed E-state index contributed by atoms with van der Waals surface area (Å²) >= 11 is 0. The van der Waals surface area contributed by atoms with Gasteiger partial charge in [0.25, 0.3) is 0 Å². The number of hydrogen-bond acceptors (Lipinski definition) is 11. The fourth-order valence-corrected chi connectivity index (χ4v) is 5.35. The predicted molar refractivity (Wildman–Crippen MR) is 122 cm³/mol. The van der Waals surface area contributed by atoms with Gasteiger partial charge in [0.05, 0.1) is 46.6 Å². The number of hydrogen-bond donors (Lipinski definition) is 7. The number of phenolic OH excluding ortho intramolecular Hbond substituents is 2. The fraction of sp³-hybridized carbons (Fsp3) is 0.440. The number of phenols is 2. The van der Waals surface area contributed by atoms with Crippen molar-refractivity contribution in [3.8, 4) is 17.2 Å². The Balaban J connectivity index is 1.62. The standard InChI is InChI=1S/C25H27NO10/c1-8-18(28)17(26)23(33)24(35-8)36-12-5-3-4-9-14(12)22(32)16-15(19(9)29)20(30)10-6-25(2,34)7-11(27)13(10)21(16)31/h3-5,8,11,17-18,23-24,27-28,30-31,33-34H,6-7,26H2,1-2H3. The maximum atomic E-state index is 13.7. The van der Waals surface area contributed by atoms with Gasteiger partial charge in [-0.15, -0.1) is 0 Å². The molecule has 3 aliphatic rings. The molecule has 36 heavy (non-hydrogen) atoms. The third-order valence-electron chi connectivity index (χ3n) is 7.21. The molecule has 11 heteroatoms. The SMILES string of the molecule is CC1OC(Oc2cccc3c2C(=O)c2c(O)c4c(c(O)c2C3=O)CC(C)(O)CC4O)C(O)C(N)C1O. The average Bonchev–Trinajstić information content (AvgIpc) is 2.80. The second-order valence-electron chi connectivity index (χ2n) is 9.96. The normalized spacial score (nSPS) is 33.5. The minimum Gasteiger partial charge on any atom is -0.507 e. The van der Waals surface area contributed by atoms with E-state index in [0.717, 1.165) is 0 Å². The van der Waals surface area contributed by atoms with Crippen molar-refractivity contribution in [3.63, 3.8) is 0 Å². The Morgan fingerprint density at radius 3 is 2.39 bits per heavy atom. The zero-order chi connectivity index (χ0) is 26.3. The molecule has 1 heterocycles. The van der Waals surface area contributed by atoms with Crippen molar-refractivity contribution in [2.24, 2.45) is 5.73 Å². The molecule has 8 N–H and O–H groups in total. The number of nitrogens with two attached hydrogens (primary N) is 1. The van der Waals surface area contributed by atoms with Crippen molar-refractivity contribution in [3.05, 3.63) is 51.6 Å². The Morgan fingerprint density at radius 1 is 1.03 bits per heavy atom. The molecule has 7 atom stereocenters. The lowest BCUT2D eigenvalue weighted by Crippen LogP contribution is -2.62. The van der Waals surface area contributed by atoms with Crippen molar-refractivity contribution in [2.45, 2.75) is 69.0 Å². The molecule has 0 saturated carbocycles. The van der Waals surface area contributed by atoms with E-state index in [1.807, 2.05) is 0 Å². The first-order chi connectivity index (χ1) is 16.8. The summed E-state index contributed by atoms with van der Waals surface area (Å²) in [4.78, 5) is 27.1. The number of ketones is 2. The van der Waals surface area contributed by atoms with Crippen LogP contribution in [0.1, 0.15) is 69.3 Å². The Kier molecular flexibility index (Phi) is 5.63. The quantitative estimate of drug-likeness (QED) is 0.229. The first-order valence-corrected chi connectivity index (χ1v) is 11.5. The van der Waals surface area contributed by atoms with Crippen LogP contribution < -0.4 is 10.5 Å². The van der Waals surface area contributed by atoms with Gasteiger partial charge in [-0.3, -0.25) is 9.59 Å². The van der Waals surface area contributed by atoms with Gasteiger partial charge in [0, 0.05) is 29.5 Å². The number of aliphatic hydroxyl groups excluding tert-OH is 3. The summed E-state index contributed by atoms with van der Waals surface area (Å²) in [5, 5.41) is 63.6. The van der Waals surface area contributed by atoms with E-state index in [4.69, 9.17) is 15.2 Å². The topological polar surface area (TPSA) is 200 Å². The van der Waals surface area contributed by atoms with Crippen molar-refractivity contribution in [1.29, 1.82) is 0 Å². The number of carbonyl (C=O) groups excluding carboxylic acids is 2. The molecular formula is C25H27NO10. The molecule has 2 aliphatic carbocycles. The molecule has 7 unspecified atom stereocenters. The first-order valence-electron chi connectivity index (χ1n) is 11.5. The first kappa shape index (κ1) is 24.6. The second kappa shape index (κ2) is 8.23. The van der Waals surface area contributed by atoms with Gasteiger partial charge >= 0.3 is 0 Å². The molecule has 0 radical (unpaired) electrons. The van der Waals surface area contributed by atoms with Crippen LogP contribution in [0, 0.1) is 0 Å². The van der Waals surface area contributed by atoms with Gasteiger partial charge in [0.1, 0.15) is 23.4 Å². The van der Waals surface area contributed by atoms with Crippen molar-refractivity contribution in [2.75, 3.05) is 0 Å². The molecule has 1 aliphatic heterocycles. The van der Waals surface area contributed by atoms with Gasteiger partial charge in [-0.1, -0.05) is 12.1 Å². The lowest BCUT2D eigenvalue weighted by atomic mass is 9.73. The van der Waals surface area contributed by atoms with Crippen LogP contribution >= 0.6 is 0 Å². The molecule has 2 aromatic carbocycles. The molecule has 1 fully saturated rings. The highest BCUT2D eigenvalue weighted by atomic mass is 16.7. The van der Waals surface area contributed by atoms with Gasteiger partial charge in [-0.2, -0.15) is 0 Å². The summed E-state index contributed by atoms with van der Waals surface area (Å²) in [6.07, 6.45) is -6.47. The largest absolute Gasteiger partial charge is 0.507 e. The predicted octanol–water partition coefficient (Wildman–Crippen LogP) is -0.223. The highest BCUT2D eigenvalue weighted by Gasteiger charge is 2.46. The average molecular weight is 501 g/mol. The summed E-state index contributed by atoms with van der Waals surface area (Å²) in [6, 6.07) is 3.06. The third-order valence-corrected chi connectivity index (χ3v) is 7.21. The summed E-state index contributed by atoms with van der Waals surface area (Å²) < 4.78 is 11.3. The summed E-state index contributed by atoms with van der Waals surface area (Å²) in [7, 11) is 0. The van der Waals surface area contributed by atoms with E-state index >= 15 is 0 Å². The van der Waals surface area contributed by atoms with E-state index < -0.39 is 76.5 Å². The molecule has 1 saturated heterocycles. The molecule has 0 spiro atoms. The number of rotatable bonds is 2. The molecule has 11 nitrogen and oxygen atoms in total. The molecule has 0 aromatic heterocycles. The van der Waals surface area contributed by atoms with Crippen LogP contribution in [0.4, 0.5) is 0 Å². The number of aliphatic hydroxyl groups is 4. The van der Waals surface area contributed by atoms with E-state index in [2.05, 4.69) is 0 Å². The Bertz CT molecular complexity index is 1290. The van der Waals surface area contributed by atoms with Gasteiger partial charge in [0.15, 0.2) is 5.78 Å². The van der Waals surface area contributed by atoms with Crippen LogP contribution in [0.2, 0.25) is 0 Å². The maximum Gasteiger partial charge on any atom is 0.228 e. The highest BCUT2D eigenvalue weighted by molar-refractivity contribution is 6.31. The molecule has 2 aromatic rings. The maximum absolute atomic E-state index is 13.7. The smallest absolute Gasteiger partial charge is 0.228 e. The number of carbonyl (C=O) groups is 2. The number of ether oxygens (including phenoxy) is 2. The Hall–Kier alpha value is -3.06. The molecule has 192 valence electrons. The van der Waals surface area contributed by atoms with Crippen LogP contribution in [-0.2, 0) is 11.2 Å². The zero-order valence-electron chi connectivity index (χ0n) is 19.5. The van der Waals surface area contributed by atoms with E-state index in [-0.39, 0.29) is 40.8 Å². The van der Waals surface area contributed by atoms with Gasteiger partial charge < -0.3 is 45.8 Å². The Morgan fingerprint density at radius 2 is 1.69 bits per heavy atom. The Labute approximate surface area is 205 Å². The lowest BCUT2D eigenvalue weighted by molar-refractivity contribution is -0.236. The number of fused-ring (bicyclic) bond motifs is 3. The fourth-order valence-electron chi connectivity index (χ4n) is 5.35. The van der Waals surface area contributed by atoms with E-state index in [1.165, 1.54) is 32.0 Å². The van der Waals surface area contributed by atoms with Crippen LogP contribution in [0.15, 0.2) is 18.2 Å². The summed E-state index contributed by atoms with van der Waals surface area (Å²) in [5.74, 6) is -3.01. The monoisotopic (exact) mass is 501 g/mol. The van der Waals surface area contributed by atoms with Gasteiger partial charge in [-0.05, 0) is 19.9 Å². The molecular weight excluding hydrogens is 474 g/mol. The van der Waals surface area contributed by atoms with Crippen LogP contribution in [-0.4, -0.2) is 78.5 Å². The van der Waals surface area contributed by atoms with E-state index in [1.54, 1.807) is 0 Å². The van der Waals surface area contributed by atoms with Crippen molar-refractivity contribution < 1.29 is 49.7 Å². The zero-order valence-corrected chi connectivity index (χ0v) is 19.5. The van der Waals surface area contributed by atoms with E-state index in [0.29, 0.717) is 0 Å². The van der Waals surface area contributed by atoms with Crippen molar-refractivity contribution in [1.82, 2.24) is 0 Å².